The minimum absolute atomic E-state index is 0.00523. The van der Waals surface area contributed by atoms with Crippen LogP contribution in [0.2, 0.25) is 0 Å². The van der Waals surface area contributed by atoms with Gasteiger partial charge in [0.1, 0.15) is 0 Å². The van der Waals surface area contributed by atoms with E-state index >= 15 is 0 Å². The van der Waals surface area contributed by atoms with Crippen molar-refractivity contribution in [1.29, 1.82) is 0 Å². The molecule has 242 valence electrons. The van der Waals surface area contributed by atoms with E-state index in [0.29, 0.717) is 37.3 Å². The highest BCUT2D eigenvalue weighted by Crippen LogP contribution is 2.10. The van der Waals surface area contributed by atoms with Crippen LogP contribution in [-0.2, 0) is 32.3 Å². The van der Waals surface area contributed by atoms with Gasteiger partial charge in [-0.05, 0) is 26.7 Å². The Morgan fingerprint density at radius 3 is 1.39 bits per heavy atom. The molecule has 0 radical (unpaired) electrons. The molecule has 0 aliphatic rings. The van der Waals surface area contributed by atoms with Crippen molar-refractivity contribution >= 4 is 23.8 Å². The number of aryl methyl sites for hydroxylation is 2. The Morgan fingerprint density at radius 1 is 0.682 bits per heavy atom. The molecule has 0 fully saturated rings. The summed E-state index contributed by atoms with van der Waals surface area (Å²) in [4.78, 5) is 73.3. The monoisotopic (exact) mass is 620 g/mol. The molecule has 0 aromatic carbocycles. The first-order valence-electron chi connectivity index (χ1n) is 14.0. The van der Waals surface area contributed by atoms with E-state index in [-0.39, 0.29) is 50.8 Å². The summed E-state index contributed by atoms with van der Waals surface area (Å²) in [5.74, 6) is -3.93. The molecule has 0 saturated heterocycles. The summed E-state index contributed by atoms with van der Waals surface area (Å²) in [7, 11) is 0. The lowest BCUT2D eigenvalue weighted by Gasteiger charge is -2.25. The fourth-order valence-electron chi connectivity index (χ4n) is 4.38. The van der Waals surface area contributed by atoms with Crippen LogP contribution in [0.4, 0.5) is 0 Å². The van der Waals surface area contributed by atoms with Crippen LogP contribution in [0.15, 0.2) is 34.1 Å². The summed E-state index contributed by atoms with van der Waals surface area (Å²) in [6.45, 7) is 3.06. The number of carbonyl (C=O) groups excluding carboxylic acids is 2. The maximum absolute atomic E-state index is 12.5. The Kier molecular flexibility index (Phi) is 14.1. The van der Waals surface area contributed by atoms with Crippen molar-refractivity contribution < 1.29 is 39.6 Å². The number of aliphatic carboxylic acids is 2. The van der Waals surface area contributed by atoms with E-state index in [1.807, 2.05) is 0 Å². The molecule has 0 saturated carbocycles. The number of nitrogens with one attached hydrogen (secondary N) is 2. The molecule has 6 N–H and O–H groups in total. The maximum Gasteiger partial charge on any atom is 0.317 e. The van der Waals surface area contributed by atoms with Crippen molar-refractivity contribution in [2.45, 2.75) is 39.8 Å². The summed E-state index contributed by atoms with van der Waals surface area (Å²) in [6.07, 6.45) is 4.03. The Balaban J connectivity index is 1.82. The standard InChI is InChI=1S/C28H40N6O10/c1-19-27(43)21(35)5-11-33(19)9-3-7-29-23(37)15-31(17-25(39)40)13-14-32(18-26(41)42)16-24(38)30-8-4-10-34-12-6-22(36)28(44)20(34)2/h5-6,11-12,43-44H,3-4,7-10,13-18H2,1-2H3,(H,29,37)(H,30,38)(H,39,40)(H,41,42). The van der Waals surface area contributed by atoms with E-state index in [2.05, 4.69) is 10.6 Å². The largest absolute Gasteiger partial charge is 0.503 e. The van der Waals surface area contributed by atoms with E-state index in [1.165, 1.54) is 21.9 Å². The summed E-state index contributed by atoms with van der Waals surface area (Å²) < 4.78 is 3.35. The van der Waals surface area contributed by atoms with Gasteiger partial charge in [0.25, 0.3) is 0 Å². The van der Waals surface area contributed by atoms with Gasteiger partial charge in [0.05, 0.1) is 37.6 Å². The number of aromatic nitrogens is 2. The molecule has 0 unspecified atom stereocenters. The molecule has 2 heterocycles. The van der Waals surface area contributed by atoms with Gasteiger partial charge in [-0.25, -0.2) is 0 Å². The average Bonchev–Trinajstić information content (AvgIpc) is 2.95. The topological polar surface area (TPSA) is 224 Å². The molecule has 0 bridgehead atoms. The van der Waals surface area contributed by atoms with Crippen molar-refractivity contribution in [3.05, 3.63) is 56.4 Å². The van der Waals surface area contributed by atoms with Crippen LogP contribution < -0.4 is 21.5 Å². The van der Waals surface area contributed by atoms with E-state index in [9.17, 15) is 49.2 Å². The van der Waals surface area contributed by atoms with Crippen molar-refractivity contribution in [2.75, 3.05) is 52.4 Å². The zero-order chi connectivity index (χ0) is 32.8. The molecule has 0 aliphatic carbocycles. The van der Waals surface area contributed by atoms with Gasteiger partial charge in [-0.3, -0.25) is 38.6 Å². The number of hydrogen-bond acceptors (Lipinski definition) is 10. The second-order valence-electron chi connectivity index (χ2n) is 10.2. The van der Waals surface area contributed by atoms with Crippen LogP contribution in [0.1, 0.15) is 24.2 Å². The Morgan fingerprint density at radius 2 is 1.05 bits per heavy atom. The average molecular weight is 621 g/mol. The molecule has 44 heavy (non-hydrogen) atoms. The highest BCUT2D eigenvalue weighted by molar-refractivity contribution is 5.79. The number of carboxylic acid groups (broad SMARTS) is 2. The predicted octanol–water partition coefficient (Wildman–Crippen LogP) is -1.48. The first kappa shape index (κ1) is 35.5. The smallest absolute Gasteiger partial charge is 0.317 e. The minimum Gasteiger partial charge on any atom is -0.503 e. The highest BCUT2D eigenvalue weighted by atomic mass is 16.4. The van der Waals surface area contributed by atoms with Crippen molar-refractivity contribution in [3.63, 3.8) is 0 Å². The molecular weight excluding hydrogens is 580 g/mol. The summed E-state index contributed by atoms with van der Waals surface area (Å²) in [6, 6.07) is 2.49. The zero-order valence-electron chi connectivity index (χ0n) is 24.8. The van der Waals surface area contributed by atoms with Crippen molar-refractivity contribution in [2.24, 2.45) is 0 Å². The van der Waals surface area contributed by atoms with Crippen LogP contribution in [0, 0.1) is 13.8 Å². The van der Waals surface area contributed by atoms with Crippen LogP contribution in [0.5, 0.6) is 11.5 Å². The van der Waals surface area contributed by atoms with E-state index < -0.39 is 47.7 Å². The van der Waals surface area contributed by atoms with E-state index in [0.717, 1.165) is 0 Å². The molecule has 0 aliphatic heterocycles. The Bertz CT molecular complexity index is 1330. The second-order valence-corrected chi connectivity index (χ2v) is 10.2. The SMILES string of the molecule is Cc1c(O)c(=O)ccn1CCCNC(=O)CN(CCN(CC(=O)O)CC(=O)NCCCn1ccc(=O)c(O)c1C)CC(=O)O. The number of pyridine rings is 2. The summed E-state index contributed by atoms with van der Waals surface area (Å²) in [5.41, 5.74) is -0.160. The summed E-state index contributed by atoms with van der Waals surface area (Å²) >= 11 is 0. The Labute approximate surface area is 253 Å². The van der Waals surface area contributed by atoms with Crippen LogP contribution in [0.25, 0.3) is 0 Å². The predicted molar refractivity (Wildman–Crippen MR) is 158 cm³/mol. The van der Waals surface area contributed by atoms with Gasteiger partial charge < -0.3 is 40.2 Å². The Hall–Kier alpha value is -4.70. The molecule has 2 amide bonds. The van der Waals surface area contributed by atoms with Gasteiger partial charge >= 0.3 is 11.9 Å². The number of nitrogens with zero attached hydrogens (tertiary/aromatic N) is 4. The lowest BCUT2D eigenvalue weighted by Crippen LogP contribution is -2.46. The van der Waals surface area contributed by atoms with Gasteiger partial charge in [-0.15, -0.1) is 0 Å². The minimum atomic E-state index is -1.18. The third kappa shape index (κ3) is 11.9. The fraction of sp³-hybridized carbons (Fsp3) is 0.500. The zero-order valence-corrected chi connectivity index (χ0v) is 24.8. The van der Waals surface area contributed by atoms with Gasteiger partial charge in [-0.2, -0.15) is 0 Å². The van der Waals surface area contributed by atoms with Crippen LogP contribution in [0.3, 0.4) is 0 Å². The number of hydrogen-bond donors (Lipinski definition) is 6. The molecule has 0 atom stereocenters. The number of rotatable bonds is 19. The van der Waals surface area contributed by atoms with Crippen molar-refractivity contribution in [3.8, 4) is 11.5 Å². The highest BCUT2D eigenvalue weighted by Gasteiger charge is 2.19. The fourth-order valence-corrected chi connectivity index (χ4v) is 4.38. The molecule has 0 spiro atoms. The first-order valence-corrected chi connectivity index (χ1v) is 14.0. The number of carboxylic acids is 2. The normalized spacial score (nSPS) is 11.1. The van der Waals surface area contributed by atoms with Gasteiger partial charge in [-0.1, -0.05) is 0 Å². The maximum atomic E-state index is 12.5. The molecule has 2 rings (SSSR count). The first-order chi connectivity index (χ1) is 20.8. The van der Waals surface area contributed by atoms with E-state index in [1.54, 1.807) is 35.4 Å². The quantitative estimate of drug-likeness (QED) is 0.0990. The van der Waals surface area contributed by atoms with Gasteiger partial charge in [0.2, 0.25) is 22.7 Å². The number of amides is 2. The molecule has 16 nitrogen and oxygen atoms in total. The lowest BCUT2D eigenvalue weighted by atomic mass is 10.3. The molecular formula is C28H40N6O10. The van der Waals surface area contributed by atoms with E-state index in [4.69, 9.17) is 0 Å². The second kappa shape index (κ2) is 17.4. The molecule has 2 aromatic rings. The third-order valence-electron chi connectivity index (χ3n) is 6.81. The number of carbonyl (C=O) groups is 4. The van der Waals surface area contributed by atoms with Gasteiger partial charge in [0.15, 0.2) is 11.5 Å². The molecule has 16 heteroatoms. The van der Waals surface area contributed by atoms with Gasteiger partial charge in [0, 0.05) is 63.8 Å². The molecule has 2 aromatic heterocycles. The number of aromatic hydroxyl groups is 2. The lowest BCUT2D eigenvalue weighted by molar-refractivity contribution is -0.141. The van der Waals surface area contributed by atoms with Crippen LogP contribution in [-0.4, -0.2) is 115 Å². The van der Waals surface area contributed by atoms with Crippen molar-refractivity contribution in [1.82, 2.24) is 29.6 Å². The van der Waals surface area contributed by atoms with Crippen LogP contribution >= 0.6 is 0 Å². The summed E-state index contributed by atoms with van der Waals surface area (Å²) in [5, 5.41) is 43.5. The third-order valence-corrected chi connectivity index (χ3v) is 6.81.